The molecule has 1 saturated heterocycles. The molecule has 0 spiro atoms. The lowest BCUT2D eigenvalue weighted by Gasteiger charge is -2.33. The van der Waals surface area contributed by atoms with Gasteiger partial charge in [-0.1, -0.05) is 6.92 Å². The number of hydrogen-bond donors (Lipinski definition) is 1. The van der Waals surface area contributed by atoms with Crippen LogP contribution in [0, 0.1) is 11.8 Å². The molecule has 1 fully saturated rings. The number of rotatable bonds is 3. The standard InChI is InChI=1S/C15H19N3O3S/c1-9(15(20)21)10-3-5-18(6-4-10)14(19)12-7-11-13(22-12)16-8-17(11)2/h7-10H,3-6H2,1-2H3,(H,20,21). The Kier molecular flexibility index (Phi) is 3.90. The van der Waals surface area contributed by atoms with Gasteiger partial charge in [0.05, 0.1) is 22.6 Å². The number of piperidine rings is 1. The number of likely N-dealkylation sites (tertiary alicyclic amines) is 1. The maximum atomic E-state index is 12.6. The zero-order valence-electron chi connectivity index (χ0n) is 12.7. The molecule has 3 rings (SSSR count). The minimum Gasteiger partial charge on any atom is -0.481 e. The number of fused-ring (bicyclic) bond motifs is 1. The van der Waals surface area contributed by atoms with E-state index in [0.29, 0.717) is 18.0 Å². The topological polar surface area (TPSA) is 75.4 Å². The molecule has 6 nitrogen and oxygen atoms in total. The normalized spacial score (nSPS) is 17.8. The van der Waals surface area contributed by atoms with Gasteiger partial charge in [0.15, 0.2) is 0 Å². The SMILES string of the molecule is CC(C(=O)O)C1CCN(C(=O)c2cc3c(ncn3C)s2)CC1. The summed E-state index contributed by atoms with van der Waals surface area (Å²) in [5.74, 6) is -0.902. The maximum Gasteiger partial charge on any atom is 0.306 e. The lowest BCUT2D eigenvalue weighted by atomic mass is 9.85. The monoisotopic (exact) mass is 321 g/mol. The lowest BCUT2D eigenvalue weighted by Crippen LogP contribution is -2.40. The van der Waals surface area contributed by atoms with E-state index in [2.05, 4.69) is 4.98 Å². The van der Waals surface area contributed by atoms with Crippen LogP contribution in [-0.4, -0.2) is 44.5 Å². The number of aryl methyl sites for hydroxylation is 1. The summed E-state index contributed by atoms with van der Waals surface area (Å²) in [6.07, 6.45) is 3.25. The number of hydrogen-bond acceptors (Lipinski definition) is 4. The first kappa shape index (κ1) is 15.0. The molecule has 1 aliphatic heterocycles. The van der Waals surface area contributed by atoms with E-state index in [-0.39, 0.29) is 17.7 Å². The van der Waals surface area contributed by atoms with Gasteiger partial charge in [-0.25, -0.2) is 4.98 Å². The number of carbonyl (C=O) groups is 2. The molecule has 0 bridgehead atoms. The van der Waals surface area contributed by atoms with Gasteiger partial charge in [-0.05, 0) is 24.8 Å². The van der Waals surface area contributed by atoms with E-state index in [9.17, 15) is 9.59 Å². The van der Waals surface area contributed by atoms with Crippen LogP contribution in [-0.2, 0) is 11.8 Å². The van der Waals surface area contributed by atoms with E-state index in [1.54, 1.807) is 13.3 Å². The van der Waals surface area contributed by atoms with E-state index < -0.39 is 5.97 Å². The third kappa shape index (κ3) is 2.61. The smallest absolute Gasteiger partial charge is 0.306 e. The van der Waals surface area contributed by atoms with Crippen molar-refractivity contribution in [2.45, 2.75) is 19.8 Å². The van der Waals surface area contributed by atoms with Crippen LogP contribution in [0.15, 0.2) is 12.4 Å². The Bertz CT molecular complexity index is 713. The first-order valence-corrected chi connectivity index (χ1v) is 8.22. The van der Waals surface area contributed by atoms with E-state index in [1.807, 2.05) is 22.6 Å². The van der Waals surface area contributed by atoms with Crippen molar-refractivity contribution in [3.63, 3.8) is 0 Å². The molecule has 0 aliphatic carbocycles. The van der Waals surface area contributed by atoms with Gasteiger partial charge in [-0.15, -0.1) is 11.3 Å². The molecular formula is C15H19N3O3S. The highest BCUT2D eigenvalue weighted by atomic mass is 32.1. The van der Waals surface area contributed by atoms with Crippen LogP contribution in [0.4, 0.5) is 0 Å². The second-order valence-corrected chi connectivity index (χ2v) is 6.94. The number of imidazole rings is 1. The van der Waals surface area contributed by atoms with Gasteiger partial charge in [0.1, 0.15) is 4.83 Å². The number of nitrogens with zero attached hydrogens (tertiary/aromatic N) is 3. The molecule has 2 aromatic heterocycles. The zero-order chi connectivity index (χ0) is 15.9. The predicted octanol–water partition coefficient (Wildman–Crippen LogP) is 2.21. The summed E-state index contributed by atoms with van der Waals surface area (Å²) >= 11 is 1.41. The van der Waals surface area contributed by atoms with Crippen LogP contribution in [0.2, 0.25) is 0 Å². The van der Waals surface area contributed by atoms with E-state index in [4.69, 9.17) is 5.11 Å². The van der Waals surface area contributed by atoms with Crippen LogP contribution >= 0.6 is 11.3 Å². The van der Waals surface area contributed by atoms with Crippen molar-refractivity contribution < 1.29 is 14.7 Å². The number of aliphatic carboxylic acids is 1. The quantitative estimate of drug-likeness (QED) is 0.940. The van der Waals surface area contributed by atoms with Gasteiger partial charge in [-0.3, -0.25) is 9.59 Å². The largest absolute Gasteiger partial charge is 0.481 e. The highest BCUT2D eigenvalue weighted by Gasteiger charge is 2.30. The summed E-state index contributed by atoms with van der Waals surface area (Å²) < 4.78 is 1.91. The molecule has 118 valence electrons. The fraction of sp³-hybridized carbons (Fsp3) is 0.533. The maximum absolute atomic E-state index is 12.6. The molecule has 0 radical (unpaired) electrons. The number of carboxylic acids is 1. The van der Waals surface area contributed by atoms with Crippen LogP contribution in [0.5, 0.6) is 0 Å². The highest BCUT2D eigenvalue weighted by Crippen LogP contribution is 2.29. The Hall–Kier alpha value is -1.89. The van der Waals surface area contributed by atoms with Crippen LogP contribution < -0.4 is 0 Å². The molecule has 7 heteroatoms. The summed E-state index contributed by atoms with van der Waals surface area (Å²) in [6.45, 7) is 3.01. The number of amides is 1. The summed E-state index contributed by atoms with van der Waals surface area (Å²) in [6, 6.07) is 1.89. The average molecular weight is 321 g/mol. The number of thiophene rings is 1. The number of aromatic nitrogens is 2. The van der Waals surface area contributed by atoms with Crippen molar-refractivity contribution in [3.05, 3.63) is 17.3 Å². The van der Waals surface area contributed by atoms with Crippen molar-refractivity contribution in [1.29, 1.82) is 0 Å². The summed E-state index contributed by atoms with van der Waals surface area (Å²) in [5.41, 5.74) is 0.975. The van der Waals surface area contributed by atoms with E-state index >= 15 is 0 Å². The average Bonchev–Trinajstić information content (AvgIpc) is 3.08. The summed E-state index contributed by atoms with van der Waals surface area (Å²) in [5, 5.41) is 9.08. The van der Waals surface area contributed by atoms with E-state index in [0.717, 1.165) is 23.2 Å². The molecule has 3 heterocycles. The van der Waals surface area contributed by atoms with Gasteiger partial charge in [0, 0.05) is 20.1 Å². The molecule has 22 heavy (non-hydrogen) atoms. The number of carbonyl (C=O) groups excluding carboxylic acids is 1. The third-order valence-corrected chi connectivity index (χ3v) is 5.58. The van der Waals surface area contributed by atoms with Crippen molar-refractivity contribution in [2.24, 2.45) is 18.9 Å². The van der Waals surface area contributed by atoms with Crippen molar-refractivity contribution in [1.82, 2.24) is 14.5 Å². The van der Waals surface area contributed by atoms with E-state index in [1.165, 1.54) is 11.3 Å². The first-order valence-electron chi connectivity index (χ1n) is 7.40. The van der Waals surface area contributed by atoms with Gasteiger partial charge in [-0.2, -0.15) is 0 Å². The van der Waals surface area contributed by atoms with Crippen molar-refractivity contribution in [3.8, 4) is 0 Å². The summed E-state index contributed by atoms with van der Waals surface area (Å²) in [4.78, 5) is 31.3. The lowest BCUT2D eigenvalue weighted by molar-refractivity contribution is -0.143. The zero-order valence-corrected chi connectivity index (χ0v) is 13.5. The fourth-order valence-electron chi connectivity index (χ4n) is 2.98. The Morgan fingerprint density at radius 2 is 2.09 bits per heavy atom. The van der Waals surface area contributed by atoms with Gasteiger partial charge in [0.25, 0.3) is 5.91 Å². The molecule has 1 N–H and O–H groups in total. The Labute approximate surface area is 132 Å². The Balaban J connectivity index is 1.68. The van der Waals surface area contributed by atoms with Crippen LogP contribution in [0.25, 0.3) is 10.3 Å². The number of carboxylic acid groups (broad SMARTS) is 1. The van der Waals surface area contributed by atoms with Gasteiger partial charge < -0.3 is 14.6 Å². The molecule has 1 aliphatic rings. The minimum absolute atomic E-state index is 0.0319. The summed E-state index contributed by atoms with van der Waals surface area (Å²) in [7, 11) is 1.91. The molecule has 0 saturated carbocycles. The molecule has 1 unspecified atom stereocenters. The predicted molar refractivity (Wildman–Crippen MR) is 84.0 cm³/mol. The molecule has 2 aromatic rings. The van der Waals surface area contributed by atoms with Crippen molar-refractivity contribution in [2.75, 3.05) is 13.1 Å². The first-order chi connectivity index (χ1) is 10.5. The molecule has 1 atom stereocenters. The van der Waals surface area contributed by atoms with Crippen LogP contribution in [0.1, 0.15) is 29.4 Å². The Morgan fingerprint density at radius 3 is 2.68 bits per heavy atom. The minimum atomic E-state index is -0.750. The second-order valence-electron chi connectivity index (χ2n) is 5.91. The molecular weight excluding hydrogens is 302 g/mol. The van der Waals surface area contributed by atoms with Gasteiger partial charge in [0.2, 0.25) is 0 Å². The van der Waals surface area contributed by atoms with Gasteiger partial charge >= 0.3 is 5.97 Å². The molecule has 0 aromatic carbocycles. The molecule has 1 amide bonds. The Morgan fingerprint density at radius 1 is 1.41 bits per heavy atom. The highest BCUT2D eigenvalue weighted by molar-refractivity contribution is 7.20. The third-order valence-electron chi connectivity index (χ3n) is 4.56. The van der Waals surface area contributed by atoms with Crippen molar-refractivity contribution >= 4 is 33.6 Å². The fourth-order valence-corrected chi connectivity index (χ4v) is 3.99. The van der Waals surface area contributed by atoms with Crippen LogP contribution in [0.3, 0.4) is 0 Å². The second kappa shape index (κ2) is 5.72.